The SMILES string of the molecule is COc1cc2c(cc1OC)C(COc1ccccc1OC)N(C(=O)c1cccc([N+](=O)[O-])c1)CC2. The highest BCUT2D eigenvalue weighted by Gasteiger charge is 2.34. The van der Waals surface area contributed by atoms with E-state index in [1.54, 1.807) is 44.4 Å². The summed E-state index contributed by atoms with van der Waals surface area (Å²) in [7, 11) is 4.69. The van der Waals surface area contributed by atoms with Gasteiger partial charge in [0.05, 0.1) is 32.3 Å². The van der Waals surface area contributed by atoms with Crippen molar-refractivity contribution in [3.8, 4) is 23.0 Å². The summed E-state index contributed by atoms with van der Waals surface area (Å²) in [6.45, 7) is 0.549. The topological polar surface area (TPSA) is 100 Å². The monoisotopic (exact) mass is 478 g/mol. The van der Waals surface area contributed by atoms with Gasteiger partial charge in [-0.25, -0.2) is 0 Å². The summed E-state index contributed by atoms with van der Waals surface area (Å²) in [6, 6.07) is 16.3. The molecule has 0 saturated heterocycles. The number of hydrogen-bond acceptors (Lipinski definition) is 7. The van der Waals surface area contributed by atoms with Crippen LogP contribution >= 0.6 is 0 Å². The lowest BCUT2D eigenvalue weighted by Gasteiger charge is -2.37. The van der Waals surface area contributed by atoms with E-state index in [0.29, 0.717) is 36.0 Å². The molecule has 1 heterocycles. The van der Waals surface area contributed by atoms with Crippen molar-refractivity contribution in [2.24, 2.45) is 0 Å². The molecule has 3 aromatic carbocycles. The molecular weight excluding hydrogens is 452 g/mol. The Morgan fingerprint density at radius 2 is 1.63 bits per heavy atom. The van der Waals surface area contributed by atoms with Gasteiger partial charge in [-0.2, -0.15) is 0 Å². The van der Waals surface area contributed by atoms with Crippen LogP contribution in [0.1, 0.15) is 27.5 Å². The zero-order valence-corrected chi connectivity index (χ0v) is 19.7. The minimum Gasteiger partial charge on any atom is -0.493 e. The minimum atomic E-state index is -0.512. The first-order valence-electron chi connectivity index (χ1n) is 11.0. The summed E-state index contributed by atoms with van der Waals surface area (Å²) in [5, 5.41) is 11.3. The number of nitro groups is 1. The molecule has 1 atom stereocenters. The van der Waals surface area contributed by atoms with E-state index in [1.807, 2.05) is 24.3 Å². The van der Waals surface area contributed by atoms with Crippen LogP contribution in [0.4, 0.5) is 5.69 Å². The first-order valence-corrected chi connectivity index (χ1v) is 11.0. The van der Waals surface area contributed by atoms with Crippen LogP contribution in [0.2, 0.25) is 0 Å². The van der Waals surface area contributed by atoms with Crippen molar-refractivity contribution < 1.29 is 28.7 Å². The van der Waals surface area contributed by atoms with E-state index in [2.05, 4.69) is 0 Å². The number of para-hydroxylation sites is 2. The predicted octanol–water partition coefficient (Wildman–Crippen LogP) is 4.44. The van der Waals surface area contributed by atoms with Crippen molar-refractivity contribution in [1.82, 2.24) is 4.90 Å². The van der Waals surface area contributed by atoms with Gasteiger partial charge < -0.3 is 23.8 Å². The third kappa shape index (κ3) is 4.84. The molecule has 0 aromatic heterocycles. The second-order valence-electron chi connectivity index (χ2n) is 7.94. The second kappa shape index (κ2) is 10.3. The molecular formula is C26H26N2O7. The molecule has 1 aliphatic rings. The molecule has 9 nitrogen and oxygen atoms in total. The first kappa shape index (κ1) is 23.9. The van der Waals surface area contributed by atoms with Crippen molar-refractivity contribution in [3.05, 3.63) is 87.5 Å². The van der Waals surface area contributed by atoms with E-state index in [0.717, 1.165) is 11.1 Å². The molecule has 3 aromatic rings. The number of benzene rings is 3. The standard InChI is InChI=1S/C26H26N2O7/c1-32-22-9-4-5-10-23(22)35-16-21-20-15-25(34-3)24(33-2)14-17(20)11-12-27(21)26(29)18-7-6-8-19(13-18)28(30)31/h4-10,13-15,21H,11-12,16H2,1-3H3. The predicted molar refractivity (Wildman–Crippen MR) is 129 cm³/mol. The lowest BCUT2D eigenvalue weighted by molar-refractivity contribution is -0.384. The third-order valence-electron chi connectivity index (χ3n) is 6.03. The fraction of sp³-hybridized carbons (Fsp3) is 0.269. The van der Waals surface area contributed by atoms with Crippen LogP contribution in [0, 0.1) is 10.1 Å². The lowest BCUT2D eigenvalue weighted by Crippen LogP contribution is -2.42. The fourth-order valence-corrected chi connectivity index (χ4v) is 4.28. The maximum atomic E-state index is 13.6. The molecule has 0 aliphatic carbocycles. The Labute approximate surface area is 202 Å². The molecule has 0 fully saturated rings. The quantitative estimate of drug-likeness (QED) is 0.349. The van der Waals surface area contributed by atoms with Crippen LogP contribution in [-0.4, -0.2) is 50.2 Å². The van der Waals surface area contributed by atoms with Crippen molar-refractivity contribution in [1.29, 1.82) is 0 Å². The van der Waals surface area contributed by atoms with Crippen molar-refractivity contribution in [3.63, 3.8) is 0 Å². The van der Waals surface area contributed by atoms with E-state index in [-0.39, 0.29) is 23.8 Å². The molecule has 0 N–H and O–H groups in total. The molecule has 0 bridgehead atoms. The molecule has 0 saturated carbocycles. The summed E-state index contributed by atoms with van der Waals surface area (Å²) >= 11 is 0. The van der Waals surface area contributed by atoms with E-state index < -0.39 is 11.0 Å². The van der Waals surface area contributed by atoms with Crippen LogP contribution < -0.4 is 18.9 Å². The van der Waals surface area contributed by atoms with Gasteiger partial charge in [0.2, 0.25) is 0 Å². The highest BCUT2D eigenvalue weighted by Crippen LogP contribution is 2.39. The number of methoxy groups -OCH3 is 3. The molecule has 0 spiro atoms. The minimum absolute atomic E-state index is 0.138. The Bertz CT molecular complexity index is 1240. The number of carbonyl (C=O) groups is 1. The lowest BCUT2D eigenvalue weighted by atomic mass is 9.91. The molecule has 1 aliphatic heterocycles. The summed E-state index contributed by atoms with van der Waals surface area (Å²) < 4.78 is 22.5. The molecule has 0 radical (unpaired) electrons. The van der Waals surface area contributed by atoms with Gasteiger partial charge in [0.25, 0.3) is 11.6 Å². The van der Waals surface area contributed by atoms with Crippen LogP contribution in [0.5, 0.6) is 23.0 Å². The highest BCUT2D eigenvalue weighted by atomic mass is 16.6. The van der Waals surface area contributed by atoms with E-state index >= 15 is 0 Å². The fourth-order valence-electron chi connectivity index (χ4n) is 4.28. The Balaban J connectivity index is 1.73. The van der Waals surface area contributed by atoms with Gasteiger partial charge in [0, 0.05) is 24.2 Å². The number of nitrogens with zero attached hydrogens (tertiary/aromatic N) is 2. The van der Waals surface area contributed by atoms with Crippen molar-refractivity contribution in [2.45, 2.75) is 12.5 Å². The van der Waals surface area contributed by atoms with Crippen LogP contribution in [0.3, 0.4) is 0 Å². The number of ether oxygens (including phenoxy) is 4. The number of rotatable bonds is 8. The Kier molecular flexibility index (Phi) is 7.05. The Morgan fingerprint density at radius 1 is 0.943 bits per heavy atom. The third-order valence-corrected chi connectivity index (χ3v) is 6.03. The normalized spacial score (nSPS) is 14.6. The van der Waals surface area contributed by atoms with E-state index in [4.69, 9.17) is 18.9 Å². The van der Waals surface area contributed by atoms with Gasteiger partial charge in [-0.3, -0.25) is 14.9 Å². The summed E-state index contributed by atoms with van der Waals surface area (Å²) in [5.74, 6) is 1.95. The first-order chi connectivity index (χ1) is 17.0. The number of non-ortho nitro benzene ring substituents is 1. The maximum absolute atomic E-state index is 13.6. The Hall–Kier alpha value is -4.27. The van der Waals surface area contributed by atoms with Gasteiger partial charge in [0.15, 0.2) is 23.0 Å². The number of amides is 1. The summed E-state index contributed by atoms with van der Waals surface area (Å²) in [6.07, 6.45) is 0.585. The number of fused-ring (bicyclic) bond motifs is 1. The molecule has 182 valence electrons. The molecule has 4 rings (SSSR count). The number of hydrogen-bond donors (Lipinski definition) is 0. The number of nitro benzene ring substituents is 1. The van der Waals surface area contributed by atoms with Gasteiger partial charge in [0.1, 0.15) is 6.61 Å². The largest absolute Gasteiger partial charge is 0.493 e. The average molecular weight is 479 g/mol. The zero-order chi connectivity index (χ0) is 24.9. The number of carbonyl (C=O) groups excluding carboxylic acids is 1. The van der Waals surface area contributed by atoms with E-state index in [9.17, 15) is 14.9 Å². The van der Waals surface area contributed by atoms with Crippen LogP contribution in [-0.2, 0) is 6.42 Å². The average Bonchev–Trinajstić information content (AvgIpc) is 2.90. The molecule has 1 unspecified atom stereocenters. The van der Waals surface area contributed by atoms with Gasteiger partial charge in [-0.15, -0.1) is 0 Å². The molecule has 35 heavy (non-hydrogen) atoms. The summed E-state index contributed by atoms with van der Waals surface area (Å²) in [5.41, 5.74) is 1.98. The Morgan fingerprint density at radius 3 is 2.31 bits per heavy atom. The van der Waals surface area contributed by atoms with Crippen molar-refractivity contribution >= 4 is 11.6 Å². The second-order valence-corrected chi connectivity index (χ2v) is 7.94. The van der Waals surface area contributed by atoms with Crippen LogP contribution in [0.25, 0.3) is 0 Å². The maximum Gasteiger partial charge on any atom is 0.270 e. The van der Waals surface area contributed by atoms with Gasteiger partial charge in [-0.1, -0.05) is 18.2 Å². The van der Waals surface area contributed by atoms with Gasteiger partial charge in [-0.05, 0) is 47.9 Å². The van der Waals surface area contributed by atoms with Crippen molar-refractivity contribution in [2.75, 3.05) is 34.5 Å². The zero-order valence-electron chi connectivity index (χ0n) is 19.7. The summed E-state index contributed by atoms with van der Waals surface area (Å²) in [4.78, 5) is 26.0. The molecule has 9 heteroatoms. The smallest absolute Gasteiger partial charge is 0.270 e. The van der Waals surface area contributed by atoms with E-state index in [1.165, 1.54) is 18.2 Å². The van der Waals surface area contributed by atoms with Crippen LogP contribution in [0.15, 0.2) is 60.7 Å². The highest BCUT2D eigenvalue weighted by molar-refractivity contribution is 5.95. The van der Waals surface area contributed by atoms with Gasteiger partial charge >= 0.3 is 0 Å². The molecule has 1 amide bonds.